The number of aliphatic carboxylic acids is 2. The monoisotopic (exact) mass is 661 g/mol. The van der Waals surface area contributed by atoms with E-state index in [2.05, 4.69) is 65.8 Å². The molecule has 45 heavy (non-hydrogen) atoms. The first-order valence-electron chi connectivity index (χ1n) is 17.8. The van der Waals surface area contributed by atoms with Gasteiger partial charge in [-0.05, 0) is 122 Å². The van der Waals surface area contributed by atoms with Gasteiger partial charge in [-0.25, -0.2) is 0 Å². The number of fused-ring (bicyclic) bond motifs is 6. The molecule has 6 rings (SSSR count). The van der Waals surface area contributed by atoms with Crippen molar-refractivity contribution in [2.75, 3.05) is 0 Å². The maximum absolute atomic E-state index is 11.8. The second kappa shape index (κ2) is 13.1. The van der Waals surface area contributed by atoms with Crippen LogP contribution in [-0.2, 0) is 26.4 Å². The van der Waals surface area contributed by atoms with Crippen molar-refractivity contribution < 1.29 is 36.6 Å². The minimum Gasteiger partial charge on any atom is -0.550 e. The molecule has 0 heterocycles. The Hall–Kier alpha value is -1.59. The minimum absolute atomic E-state index is 0. The van der Waals surface area contributed by atoms with Gasteiger partial charge in [-0.15, -0.1) is 0 Å². The molecule has 6 aliphatic rings. The van der Waals surface area contributed by atoms with Gasteiger partial charge in [0.2, 0.25) is 0 Å². The van der Waals surface area contributed by atoms with Crippen LogP contribution >= 0.6 is 0 Å². The molecule has 1 radical (unpaired) electrons. The number of carbonyl (C=O) groups is 2. The molecule has 4 nitrogen and oxygen atoms in total. The maximum atomic E-state index is 11.8. The van der Waals surface area contributed by atoms with Crippen LogP contribution in [0.5, 0.6) is 0 Å². The van der Waals surface area contributed by atoms with Crippen LogP contribution in [0.4, 0.5) is 0 Å². The summed E-state index contributed by atoms with van der Waals surface area (Å²) in [4.78, 5) is 23.7. The Kier molecular flexibility index (Phi) is 10.6. The number of rotatable bonds is 4. The second-order valence-electron chi connectivity index (χ2n) is 17.0. The summed E-state index contributed by atoms with van der Waals surface area (Å²) in [6.45, 7) is 17.7. The van der Waals surface area contributed by atoms with Crippen molar-refractivity contribution in [3.8, 4) is 0 Å². The largest absolute Gasteiger partial charge is 2.00 e. The Morgan fingerprint density at radius 3 is 1.33 bits per heavy atom. The number of carboxylic acid groups (broad SMARTS) is 2. The molecule has 0 N–H and O–H groups in total. The van der Waals surface area contributed by atoms with Gasteiger partial charge in [-0.3, -0.25) is 0 Å². The van der Waals surface area contributed by atoms with E-state index >= 15 is 0 Å². The van der Waals surface area contributed by atoms with Gasteiger partial charge >= 0.3 is 16.8 Å². The van der Waals surface area contributed by atoms with Gasteiger partial charge in [0.05, 0.1) is 0 Å². The van der Waals surface area contributed by atoms with Crippen LogP contribution in [-0.4, -0.2) is 11.9 Å². The van der Waals surface area contributed by atoms with Gasteiger partial charge in [0.1, 0.15) is 0 Å². The molecule has 0 aromatic heterocycles. The molecule has 0 saturated heterocycles. The average Bonchev–Trinajstić information content (AvgIpc) is 2.96. The van der Waals surface area contributed by atoms with Crippen LogP contribution in [0.2, 0.25) is 0 Å². The Labute approximate surface area is 283 Å². The molecule has 2 fully saturated rings. The van der Waals surface area contributed by atoms with Crippen LogP contribution in [0.25, 0.3) is 0 Å². The molecule has 6 aliphatic carbocycles. The Balaban J connectivity index is 0.000000200. The van der Waals surface area contributed by atoms with E-state index in [4.69, 9.17) is 0 Å². The van der Waals surface area contributed by atoms with E-state index in [1.54, 1.807) is 11.1 Å². The van der Waals surface area contributed by atoms with E-state index in [1.807, 2.05) is 13.8 Å². The third kappa shape index (κ3) is 6.12. The van der Waals surface area contributed by atoms with E-state index < -0.39 is 22.8 Å². The summed E-state index contributed by atoms with van der Waals surface area (Å²) in [5, 5.41) is 23.7. The molecule has 5 heteroatoms. The zero-order valence-corrected chi connectivity index (χ0v) is 30.3. The summed E-state index contributed by atoms with van der Waals surface area (Å²) in [6.07, 6.45) is 21.9. The quantitative estimate of drug-likeness (QED) is 0.309. The fourth-order valence-electron chi connectivity index (χ4n) is 11.2. The van der Waals surface area contributed by atoms with Crippen molar-refractivity contribution in [1.82, 2.24) is 0 Å². The molecule has 0 aromatic carbocycles. The zero-order chi connectivity index (χ0) is 32.2. The summed E-state index contributed by atoms with van der Waals surface area (Å²) in [5.41, 5.74) is 5.01. The average molecular weight is 662 g/mol. The Morgan fingerprint density at radius 2 is 1.02 bits per heavy atom. The van der Waals surface area contributed by atoms with Crippen LogP contribution in [0.1, 0.15) is 132 Å². The van der Waals surface area contributed by atoms with Gasteiger partial charge in [-0.1, -0.05) is 104 Å². The normalized spacial score (nSPS) is 40.4. The first-order chi connectivity index (χ1) is 20.6. The van der Waals surface area contributed by atoms with Crippen molar-refractivity contribution in [3.63, 3.8) is 0 Å². The third-order valence-corrected chi connectivity index (χ3v) is 14.1. The zero-order valence-electron chi connectivity index (χ0n) is 29.2. The summed E-state index contributed by atoms with van der Waals surface area (Å²) < 4.78 is 0. The smallest absolute Gasteiger partial charge is 0.550 e. The van der Waals surface area contributed by atoms with Gasteiger partial charge in [-0.2, -0.15) is 0 Å². The molecule has 0 aliphatic heterocycles. The predicted octanol–water partition coefficient (Wildman–Crippen LogP) is 7.74. The van der Waals surface area contributed by atoms with Crippen LogP contribution in [0.15, 0.2) is 46.6 Å². The molecule has 0 spiro atoms. The summed E-state index contributed by atoms with van der Waals surface area (Å²) in [5.74, 6) is 1.08. The van der Waals surface area contributed by atoms with Crippen molar-refractivity contribution in [2.24, 2.45) is 57.2 Å². The maximum Gasteiger partial charge on any atom is 2.00 e. The molecular formula is C40H58CoO4. The SMILES string of the molecule is CC(C)C1=CC2=CCC3[C@](C)(CCC[C@]3(C)C(=O)[O-])[C@@H]2CC1.CC(C)C1=CC2=CCC3[C@](C)(CCC[C@]3(C)C(=O)[O-])[C@@H]2CC1.[Co+2]. The molecular weight excluding hydrogens is 603 g/mol. The number of allylic oxidation sites excluding steroid dienone is 8. The Morgan fingerprint density at radius 1 is 0.667 bits per heavy atom. The minimum atomic E-state index is -0.838. The standard InChI is InChI=1S/2C20H30O2.Co/c2*1-13(2)14-6-8-16-15(12-14)7-9-17-19(16,3)10-5-11-20(17,4)18(21)22;/h2*7,12-13,16-17H,5-6,8-11H2,1-4H3,(H,21,22);/q;;+2/p-2/t2*16-,17?,19-,20+;/m11./s1. The first kappa shape index (κ1) is 36.2. The van der Waals surface area contributed by atoms with E-state index in [1.165, 1.54) is 36.8 Å². The van der Waals surface area contributed by atoms with Crippen molar-refractivity contribution >= 4 is 11.9 Å². The second-order valence-corrected chi connectivity index (χ2v) is 17.0. The van der Waals surface area contributed by atoms with Gasteiger partial charge in [0.25, 0.3) is 0 Å². The van der Waals surface area contributed by atoms with Crippen LogP contribution in [0.3, 0.4) is 0 Å². The summed E-state index contributed by atoms with van der Waals surface area (Å²) >= 11 is 0. The summed E-state index contributed by atoms with van der Waals surface area (Å²) in [6, 6.07) is 0. The molecule has 8 atom stereocenters. The predicted molar refractivity (Wildman–Crippen MR) is 174 cm³/mol. The molecule has 0 amide bonds. The van der Waals surface area contributed by atoms with Crippen molar-refractivity contribution in [2.45, 2.75) is 132 Å². The van der Waals surface area contributed by atoms with Crippen LogP contribution in [0, 0.1) is 57.2 Å². The molecule has 0 bridgehead atoms. The van der Waals surface area contributed by atoms with E-state index in [9.17, 15) is 19.8 Å². The van der Waals surface area contributed by atoms with Crippen LogP contribution < -0.4 is 10.2 Å². The van der Waals surface area contributed by atoms with Gasteiger partial charge < -0.3 is 19.8 Å². The number of hydrogen-bond acceptors (Lipinski definition) is 4. The van der Waals surface area contributed by atoms with Crippen molar-refractivity contribution in [3.05, 3.63) is 46.6 Å². The summed E-state index contributed by atoms with van der Waals surface area (Å²) in [7, 11) is 0. The van der Waals surface area contributed by atoms with Crippen molar-refractivity contribution in [1.29, 1.82) is 0 Å². The van der Waals surface area contributed by atoms with Gasteiger partial charge in [0.15, 0.2) is 0 Å². The van der Waals surface area contributed by atoms with E-state index in [0.717, 1.165) is 51.4 Å². The number of carboxylic acids is 2. The molecule has 251 valence electrons. The molecule has 0 aromatic rings. The fraction of sp³-hybridized carbons (Fsp3) is 0.750. The fourth-order valence-corrected chi connectivity index (χ4v) is 11.2. The number of carbonyl (C=O) groups excluding carboxylic acids is 2. The molecule has 2 unspecified atom stereocenters. The third-order valence-electron chi connectivity index (χ3n) is 14.1. The van der Waals surface area contributed by atoms with E-state index in [-0.39, 0.29) is 39.4 Å². The Bertz CT molecular complexity index is 1190. The molecule has 2 saturated carbocycles. The first-order valence-corrected chi connectivity index (χ1v) is 17.8. The number of hydrogen-bond donors (Lipinski definition) is 0. The van der Waals surface area contributed by atoms with Gasteiger partial charge in [0, 0.05) is 22.8 Å². The van der Waals surface area contributed by atoms with E-state index in [0.29, 0.717) is 23.7 Å². The topological polar surface area (TPSA) is 80.3 Å².